The zero-order valence-corrected chi connectivity index (χ0v) is 15.5. The average molecular weight is 348 g/mol. The van der Waals surface area contributed by atoms with Gasteiger partial charge in [0.1, 0.15) is 0 Å². The monoisotopic (exact) mass is 348 g/mol. The van der Waals surface area contributed by atoms with Gasteiger partial charge in [-0.1, -0.05) is 30.3 Å². The van der Waals surface area contributed by atoms with Crippen molar-refractivity contribution in [1.82, 2.24) is 19.5 Å². The van der Waals surface area contributed by atoms with Gasteiger partial charge >= 0.3 is 0 Å². The molecular weight excluding hydrogens is 324 g/mol. The third-order valence-corrected chi connectivity index (χ3v) is 5.32. The number of piperidine rings is 1. The maximum Gasteiger partial charge on any atom is 0.274 e. The molecule has 5 heteroatoms. The van der Waals surface area contributed by atoms with Crippen LogP contribution >= 0.6 is 0 Å². The van der Waals surface area contributed by atoms with Crippen LogP contribution < -0.4 is 0 Å². The summed E-state index contributed by atoms with van der Waals surface area (Å²) in [4.78, 5) is 19.8. The van der Waals surface area contributed by atoms with Gasteiger partial charge in [0, 0.05) is 29.4 Å². The van der Waals surface area contributed by atoms with Crippen molar-refractivity contribution in [1.29, 1.82) is 0 Å². The standard InChI is InChI=1S/C21H24N4O/c1-14-8-7-9-15(2)24(14)21(26)19-13-20-22-18(12-16(3)25(20)23-19)17-10-5-4-6-11-17/h4-6,10-15H,7-9H2,1-3H3/t14-,15+. The van der Waals surface area contributed by atoms with Crippen molar-refractivity contribution in [2.45, 2.75) is 52.1 Å². The second kappa shape index (κ2) is 6.56. The normalized spacial score (nSPS) is 20.5. The highest BCUT2D eigenvalue weighted by atomic mass is 16.2. The number of carbonyl (C=O) groups is 1. The molecule has 1 aliphatic heterocycles. The topological polar surface area (TPSA) is 50.5 Å². The number of hydrogen-bond donors (Lipinski definition) is 0. The SMILES string of the molecule is Cc1cc(-c2ccccc2)nc2cc(C(=O)N3[C@H](C)CCC[C@@H]3C)nn12. The summed E-state index contributed by atoms with van der Waals surface area (Å²) in [7, 11) is 0. The molecule has 1 amide bonds. The molecule has 4 rings (SSSR count). The first-order valence-electron chi connectivity index (χ1n) is 9.30. The summed E-state index contributed by atoms with van der Waals surface area (Å²) < 4.78 is 1.76. The van der Waals surface area contributed by atoms with Crippen LogP contribution in [0.15, 0.2) is 42.5 Å². The first kappa shape index (κ1) is 16.8. The molecule has 0 N–H and O–H groups in total. The Morgan fingerprint density at radius 3 is 2.46 bits per heavy atom. The van der Waals surface area contributed by atoms with Gasteiger partial charge in [0.15, 0.2) is 11.3 Å². The van der Waals surface area contributed by atoms with Crippen LogP contribution in [0.25, 0.3) is 16.9 Å². The number of likely N-dealkylation sites (tertiary alicyclic amines) is 1. The Hall–Kier alpha value is -2.69. The first-order valence-corrected chi connectivity index (χ1v) is 9.30. The van der Waals surface area contributed by atoms with Crippen LogP contribution in [0.2, 0.25) is 0 Å². The summed E-state index contributed by atoms with van der Waals surface area (Å²) >= 11 is 0. The lowest BCUT2D eigenvalue weighted by Crippen LogP contribution is -2.47. The second-order valence-corrected chi connectivity index (χ2v) is 7.29. The molecule has 0 saturated carbocycles. The van der Waals surface area contributed by atoms with Crippen LogP contribution in [0.3, 0.4) is 0 Å². The Balaban J connectivity index is 1.73. The average Bonchev–Trinajstić information content (AvgIpc) is 3.07. The van der Waals surface area contributed by atoms with E-state index in [2.05, 4.69) is 18.9 Å². The number of fused-ring (bicyclic) bond motifs is 1. The zero-order valence-electron chi connectivity index (χ0n) is 15.5. The summed E-state index contributed by atoms with van der Waals surface area (Å²) in [5.41, 5.74) is 4.11. The van der Waals surface area contributed by atoms with Gasteiger partial charge in [0.2, 0.25) is 0 Å². The van der Waals surface area contributed by atoms with Crippen molar-refractivity contribution in [2.75, 3.05) is 0 Å². The molecule has 0 spiro atoms. The van der Waals surface area contributed by atoms with Gasteiger partial charge in [-0.15, -0.1) is 0 Å². The summed E-state index contributed by atoms with van der Waals surface area (Å²) in [6.45, 7) is 6.25. The van der Waals surface area contributed by atoms with Crippen molar-refractivity contribution in [3.05, 3.63) is 53.9 Å². The molecule has 2 atom stereocenters. The summed E-state index contributed by atoms with van der Waals surface area (Å²) in [5, 5.41) is 4.55. The fraction of sp³-hybridized carbons (Fsp3) is 0.381. The third-order valence-electron chi connectivity index (χ3n) is 5.32. The highest BCUT2D eigenvalue weighted by Crippen LogP contribution is 2.25. The molecular formula is C21H24N4O. The second-order valence-electron chi connectivity index (χ2n) is 7.29. The number of rotatable bonds is 2. The van der Waals surface area contributed by atoms with E-state index in [1.165, 1.54) is 6.42 Å². The van der Waals surface area contributed by atoms with Crippen LogP contribution in [0.5, 0.6) is 0 Å². The van der Waals surface area contributed by atoms with E-state index >= 15 is 0 Å². The Bertz CT molecular complexity index is 937. The highest BCUT2D eigenvalue weighted by Gasteiger charge is 2.31. The van der Waals surface area contributed by atoms with Crippen molar-refractivity contribution in [3.8, 4) is 11.3 Å². The van der Waals surface area contributed by atoms with E-state index in [0.717, 1.165) is 29.8 Å². The van der Waals surface area contributed by atoms with Crippen LogP contribution in [-0.4, -0.2) is 37.5 Å². The largest absolute Gasteiger partial charge is 0.332 e. The van der Waals surface area contributed by atoms with Crippen molar-refractivity contribution in [2.24, 2.45) is 0 Å². The van der Waals surface area contributed by atoms with Gasteiger partial charge in [0.05, 0.1) is 5.69 Å². The highest BCUT2D eigenvalue weighted by molar-refractivity contribution is 5.94. The van der Waals surface area contributed by atoms with E-state index in [4.69, 9.17) is 4.98 Å². The number of benzene rings is 1. The lowest BCUT2D eigenvalue weighted by molar-refractivity contribution is 0.0504. The van der Waals surface area contributed by atoms with E-state index < -0.39 is 0 Å². The predicted octanol–water partition coefficient (Wildman–Crippen LogP) is 4.11. The maximum atomic E-state index is 13.1. The lowest BCUT2D eigenvalue weighted by atomic mass is 9.97. The summed E-state index contributed by atoms with van der Waals surface area (Å²) in [5.74, 6) is 0.0101. The Morgan fingerprint density at radius 1 is 1.08 bits per heavy atom. The molecule has 26 heavy (non-hydrogen) atoms. The minimum atomic E-state index is 0.0101. The first-order chi connectivity index (χ1) is 12.5. The molecule has 0 unspecified atom stereocenters. The molecule has 2 aromatic heterocycles. The minimum absolute atomic E-state index is 0.0101. The molecule has 0 aliphatic carbocycles. The fourth-order valence-electron chi connectivity index (χ4n) is 3.94. The van der Waals surface area contributed by atoms with Gasteiger partial charge < -0.3 is 4.90 Å². The van der Waals surface area contributed by atoms with Gasteiger partial charge in [-0.25, -0.2) is 9.50 Å². The number of aromatic nitrogens is 3. The van der Waals surface area contributed by atoms with Gasteiger partial charge in [-0.2, -0.15) is 5.10 Å². The molecule has 0 radical (unpaired) electrons. The smallest absolute Gasteiger partial charge is 0.274 e. The molecule has 1 aliphatic rings. The van der Waals surface area contributed by atoms with Gasteiger partial charge in [0.25, 0.3) is 5.91 Å². The molecule has 5 nitrogen and oxygen atoms in total. The maximum absolute atomic E-state index is 13.1. The quantitative estimate of drug-likeness (QED) is 0.700. The summed E-state index contributed by atoms with van der Waals surface area (Å²) in [6, 6.07) is 14.4. The molecule has 1 fully saturated rings. The lowest BCUT2D eigenvalue weighted by Gasteiger charge is -2.38. The molecule has 3 heterocycles. The fourth-order valence-corrected chi connectivity index (χ4v) is 3.94. The van der Waals surface area contributed by atoms with Crippen LogP contribution in [0.4, 0.5) is 0 Å². The minimum Gasteiger partial charge on any atom is -0.332 e. The van der Waals surface area contributed by atoms with E-state index in [0.29, 0.717) is 11.3 Å². The van der Waals surface area contributed by atoms with Crippen molar-refractivity contribution in [3.63, 3.8) is 0 Å². The van der Waals surface area contributed by atoms with Crippen LogP contribution in [0.1, 0.15) is 49.3 Å². The van der Waals surface area contributed by atoms with E-state index in [1.54, 1.807) is 4.52 Å². The number of hydrogen-bond acceptors (Lipinski definition) is 3. The number of nitrogens with zero attached hydrogens (tertiary/aromatic N) is 4. The molecule has 1 saturated heterocycles. The predicted molar refractivity (Wildman–Crippen MR) is 102 cm³/mol. The Labute approximate surface area is 153 Å². The number of amides is 1. The van der Waals surface area contributed by atoms with E-state index in [-0.39, 0.29) is 18.0 Å². The van der Waals surface area contributed by atoms with Gasteiger partial charge in [-0.3, -0.25) is 4.79 Å². The molecule has 0 bridgehead atoms. The molecule has 3 aromatic rings. The number of carbonyl (C=O) groups excluding carboxylic acids is 1. The molecule has 1 aromatic carbocycles. The Kier molecular flexibility index (Phi) is 4.23. The van der Waals surface area contributed by atoms with Crippen LogP contribution in [-0.2, 0) is 0 Å². The van der Waals surface area contributed by atoms with Crippen molar-refractivity contribution >= 4 is 11.6 Å². The van der Waals surface area contributed by atoms with Crippen molar-refractivity contribution < 1.29 is 4.79 Å². The summed E-state index contributed by atoms with van der Waals surface area (Å²) in [6.07, 6.45) is 3.29. The molecule has 134 valence electrons. The van der Waals surface area contributed by atoms with E-state index in [9.17, 15) is 4.79 Å². The van der Waals surface area contributed by atoms with Gasteiger partial charge in [-0.05, 0) is 46.1 Å². The Morgan fingerprint density at radius 2 is 1.77 bits per heavy atom. The van der Waals surface area contributed by atoms with Crippen LogP contribution in [0, 0.1) is 6.92 Å². The third kappa shape index (κ3) is 2.87. The number of aryl methyl sites for hydroxylation is 1. The zero-order chi connectivity index (χ0) is 18.3. The van der Waals surface area contributed by atoms with E-state index in [1.807, 2.05) is 54.3 Å².